The number of carbonyl (C=O) groups excluding carboxylic acids is 2. The van der Waals surface area contributed by atoms with E-state index in [1.54, 1.807) is 47.7 Å². The Balaban J connectivity index is 0.768. The van der Waals surface area contributed by atoms with Gasteiger partial charge in [0.2, 0.25) is 5.60 Å². The maximum Gasteiger partial charge on any atom is 0.459 e. The van der Waals surface area contributed by atoms with E-state index in [1.807, 2.05) is 50.2 Å². The molecule has 8 N–H and O–H groups in total. The fourth-order valence-corrected chi connectivity index (χ4v) is 11.3. The number of hydrogen-bond acceptors (Lipinski definition) is 17. The number of nitrogens with two attached hydrogens (primary N) is 1. The Bertz CT molecular complexity index is 2970. The first kappa shape index (κ1) is 49.7. The lowest BCUT2D eigenvalue weighted by molar-refractivity contribution is -0.150. The number of ether oxygens (including phenoxy) is 3. The van der Waals surface area contributed by atoms with Crippen LogP contribution in [0.3, 0.4) is 0 Å². The van der Waals surface area contributed by atoms with Crippen LogP contribution < -0.4 is 36.0 Å². The van der Waals surface area contributed by atoms with E-state index in [0.29, 0.717) is 36.2 Å². The lowest BCUT2D eigenvalue weighted by Gasteiger charge is -2.28. The van der Waals surface area contributed by atoms with Crippen LogP contribution in [-0.2, 0) is 35.5 Å². The number of nitriles is 1. The lowest BCUT2D eigenvalue weighted by atomic mass is 9.92. The Kier molecular flexibility index (Phi) is 14.9. The van der Waals surface area contributed by atoms with Crippen LogP contribution in [0.25, 0.3) is 16.0 Å². The van der Waals surface area contributed by atoms with Crippen molar-refractivity contribution in [3.63, 3.8) is 0 Å². The minimum Gasteiger partial charge on any atom is -0.488 e. The number of para-hydroxylation sites is 1. The van der Waals surface area contributed by atoms with Crippen LogP contribution in [0.15, 0.2) is 103 Å². The van der Waals surface area contributed by atoms with E-state index in [-0.39, 0.29) is 41.4 Å². The first-order valence-corrected chi connectivity index (χ1v) is 25.8. The summed E-state index contributed by atoms with van der Waals surface area (Å²) in [4.78, 5) is 33.1. The number of rotatable bonds is 19. The van der Waals surface area contributed by atoms with E-state index in [4.69, 9.17) is 29.0 Å². The zero-order valence-corrected chi connectivity index (χ0v) is 41.0. The molecular formula is C50H56N9O10PS. The van der Waals surface area contributed by atoms with Gasteiger partial charge in [0.15, 0.2) is 5.82 Å². The second-order valence-electron chi connectivity index (χ2n) is 18.1. The Morgan fingerprint density at radius 1 is 1.03 bits per heavy atom. The molecule has 5 heterocycles. The van der Waals surface area contributed by atoms with Crippen molar-refractivity contribution in [3.8, 4) is 28.0 Å². The molecule has 1 saturated carbocycles. The van der Waals surface area contributed by atoms with Gasteiger partial charge in [-0.1, -0.05) is 42.5 Å². The van der Waals surface area contributed by atoms with Crippen LogP contribution in [0.2, 0.25) is 0 Å². The van der Waals surface area contributed by atoms with Gasteiger partial charge in [-0.15, -0.1) is 11.3 Å². The predicted molar refractivity (Wildman–Crippen MR) is 263 cm³/mol. The molecular weight excluding hydrogens is 950 g/mol. The molecule has 0 spiro atoms. The summed E-state index contributed by atoms with van der Waals surface area (Å²) in [7, 11) is -4.44. The first-order chi connectivity index (χ1) is 34.2. The average molecular weight is 1010 g/mol. The highest BCUT2D eigenvalue weighted by atomic mass is 32.1. The highest BCUT2D eigenvalue weighted by molar-refractivity contribution is 7.52. The number of aryl methyl sites for hydroxylation is 1. The fraction of sp³-hybridized carbons (Fsp3) is 0.380. The molecule has 19 nitrogen and oxygen atoms in total. The number of benzene rings is 3. The number of fused-ring (bicyclic) bond motifs is 1. The van der Waals surface area contributed by atoms with E-state index in [2.05, 4.69) is 55.4 Å². The van der Waals surface area contributed by atoms with Crippen molar-refractivity contribution in [3.05, 3.63) is 131 Å². The largest absolute Gasteiger partial charge is 0.488 e. The summed E-state index contributed by atoms with van der Waals surface area (Å²) in [6.45, 7) is 6.95. The highest BCUT2D eigenvalue weighted by Gasteiger charge is 2.58. The minimum absolute atomic E-state index is 0.0795. The van der Waals surface area contributed by atoms with Crippen molar-refractivity contribution < 1.29 is 47.6 Å². The Hall–Kier alpha value is -6.24. The maximum absolute atomic E-state index is 14.4. The zero-order valence-electron chi connectivity index (χ0n) is 39.3. The zero-order chi connectivity index (χ0) is 49.9. The number of nitrogens with zero attached hydrogens (tertiary/aromatic N) is 4. The van der Waals surface area contributed by atoms with Crippen molar-refractivity contribution in [2.24, 2.45) is 0 Å². The third-order valence-electron chi connectivity index (χ3n) is 13.0. The van der Waals surface area contributed by atoms with Crippen LogP contribution in [0.1, 0.15) is 71.2 Å². The number of hydrogen-bond donors (Lipinski definition) is 7. The summed E-state index contributed by atoms with van der Waals surface area (Å²) in [5, 5.41) is 49.5. The van der Waals surface area contributed by atoms with E-state index < -0.39 is 56.4 Å². The molecule has 9 atom stereocenters. The number of esters is 1. The molecule has 3 aliphatic rings. The third kappa shape index (κ3) is 11.0. The van der Waals surface area contributed by atoms with E-state index >= 15 is 0 Å². The van der Waals surface area contributed by atoms with E-state index in [9.17, 15) is 29.6 Å². The molecule has 0 bridgehead atoms. The average Bonchev–Trinajstić information content (AvgIpc) is 4.17. The molecule has 1 amide bonds. The molecule has 1 unspecified atom stereocenters. The quantitative estimate of drug-likeness (QED) is 0.0392. The fourth-order valence-electron chi connectivity index (χ4n) is 8.87. The van der Waals surface area contributed by atoms with Crippen molar-refractivity contribution in [2.75, 3.05) is 25.4 Å². The van der Waals surface area contributed by atoms with Crippen LogP contribution in [0, 0.1) is 18.3 Å². The van der Waals surface area contributed by atoms with Gasteiger partial charge in [-0.2, -0.15) is 15.4 Å². The van der Waals surface area contributed by atoms with Crippen LogP contribution >= 0.6 is 19.1 Å². The number of aliphatic hydroxyl groups is 2. The lowest BCUT2D eigenvalue weighted by Crippen LogP contribution is -2.50. The number of carbonyl (C=O) groups is 2. The number of thiophene rings is 1. The molecule has 71 heavy (non-hydrogen) atoms. The van der Waals surface area contributed by atoms with Gasteiger partial charge < -0.3 is 50.6 Å². The SMILES string of the molecule is Cc1ccc(OC2CNC2)cc1C(=O)N[C@H](C)c1cccc(-c2ccc(CN[C@H]3CC[C@@H](OC(=O)[C@H](C)NP(=O)(OC[C@H]4O[C@@](C#N)(c5ccc6c(N)ncnn56)[C@H](O)[C@@H]4O)Oc4ccccc4)C3)s2)c1. The van der Waals surface area contributed by atoms with Crippen LogP contribution in [0.4, 0.5) is 5.82 Å². The molecule has 21 heteroatoms. The Morgan fingerprint density at radius 3 is 2.62 bits per heavy atom. The van der Waals surface area contributed by atoms with Crippen molar-refractivity contribution in [1.82, 2.24) is 35.6 Å². The van der Waals surface area contributed by atoms with Gasteiger partial charge in [-0.25, -0.2) is 14.1 Å². The number of anilines is 1. The Morgan fingerprint density at radius 2 is 1.85 bits per heavy atom. The van der Waals surface area contributed by atoms with Crippen LogP contribution in [-0.4, -0.2) is 99.0 Å². The van der Waals surface area contributed by atoms with E-state index in [1.165, 1.54) is 23.8 Å². The summed E-state index contributed by atoms with van der Waals surface area (Å²) in [5.41, 5.74) is 7.78. The molecule has 6 aromatic rings. The Labute approximate surface area is 414 Å². The molecule has 2 saturated heterocycles. The van der Waals surface area contributed by atoms with E-state index in [0.717, 1.165) is 46.0 Å². The number of nitrogens with one attached hydrogen (secondary N) is 4. The molecule has 3 aromatic heterocycles. The van der Waals surface area contributed by atoms with Crippen molar-refractivity contribution in [1.29, 1.82) is 5.26 Å². The van der Waals surface area contributed by atoms with Gasteiger partial charge in [0, 0.05) is 41.0 Å². The second kappa shape index (κ2) is 21.2. The highest BCUT2D eigenvalue weighted by Crippen LogP contribution is 2.47. The molecule has 0 radical (unpaired) electrons. The summed E-state index contributed by atoms with van der Waals surface area (Å²) in [5.74, 6) is 0.132. The number of amides is 1. The summed E-state index contributed by atoms with van der Waals surface area (Å²) < 4.78 is 45.2. The van der Waals surface area contributed by atoms with Gasteiger partial charge in [0.05, 0.1) is 18.3 Å². The molecule has 2 aliphatic heterocycles. The summed E-state index contributed by atoms with van der Waals surface area (Å²) in [6, 6.07) is 29.8. The standard InChI is InChI=1S/C50H56N9O10PS/c1-29-12-14-37(66-38-23-53-24-38)22-40(29)48(62)57-30(2)32-8-7-9-33(20-32)43-18-16-39(71-43)25-54-34-13-15-36(21-34)67-49(63)31(3)58-70(64,69-35-10-5-4-6-11-35)65-26-42-45(60)46(61)50(27-51,68-42)44-19-17-41-47(52)55-28-56-59(41)44/h4-12,14,16-20,22,28,30-31,34,36,38,42,45-46,53-54,60-61H,13,15,21,23-26H2,1-3H3,(H,57,62)(H,58,64)(H2,52,55,56)/t30-,31+,34+,36-,42-,45-,46-,50+,70?/m1/s1. The van der Waals surface area contributed by atoms with Gasteiger partial charge >= 0.3 is 13.7 Å². The first-order valence-electron chi connectivity index (χ1n) is 23.4. The molecule has 3 aromatic carbocycles. The molecule has 9 rings (SSSR count). The third-order valence-corrected chi connectivity index (χ3v) is 15.8. The monoisotopic (exact) mass is 1010 g/mol. The van der Waals surface area contributed by atoms with Gasteiger partial charge in [0.1, 0.15) is 66.0 Å². The molecule has 3 fully saturated rings. The van der Waals surface area contributed by atoms with Crippen LogP contribution in [0.5, 0.6) is 11.5 Å². The number of aromatic nitrogens is 3. The maximum atomic E-state index is 14.4. The smallest absolute Gasteiger partial charge is 0.459 e. The number of nitrogen functional groups attached to an aromatic ring is 1. The van der Waals surface area contributed by atoms with Crippen molar-refractivity contribution >= 4 is 42.3 Å². The van der Waals surface area contributed by atoms with Gasteiger partial charge in [-0.3, -0.25) is 14.1 Å². The second-order valence-corrected chi connectivity index (χ2v) is 20.9. The topological polar surface area (TPSA) is 266 Å². The van der Waals surface area contributed by atoms with Gasteiger partial charge in [0.25, 0.3) is 5.91 Å². The van der Waals surface area contributed by atoms with Crippen molar-refractivity contribution in [2.45, 2.75) is 101 Å². The summed E-state index contributed by atoms with van der Waals surface area (Å²) >= 11 is 1.68. The predicted octanol–water partition coefficient (Wildman–Crippen LogP) is 5.47. The minimum atomic E-state index is -4.44. The summed E-state index contributed by atoms with van der Waals surface area (Å²) in [6.07, 6.45) is -1.99. The molecule has 372 valence electrons. The number of aliphatic hydroxyl groups excluding tert-OH is 2. The molecule has 1 aliphatic carbocycles. The van der Waals surface area contributed by atoms with Gasteiger partial charge in [-0.05, 0) is 111 Å². The normalized spacial score (nSPS) is 23.8.